The molecule has 6 heteroatoms. The molecule has 1 aromatic heterocycles. The number of para-hydroxylation sites is 1. The van der Waals surface area contributed by atoms with Crippen LogP contribution in [-0.2, 0) is 6.42 Å². The summed E-state index contributed by atoms with van der Waals surface area (Å²) >= 11 is 5.71. The minimum absolute atomic E-state index is 0.0503. The highest BCUT2D eigenvalue weighted by Crippen LogP contribution is 2.27. The van der Waals surface area contributed by atoms with Crippen molar-refractivity contribution < 1.29 is 9.52 Å². The number of furan rings is 1. The van der Waals surface area contributed by atoms with Gasteiger partial charge in [0.1, 0.15) is 11.5 Å². The first-order valence-electron chi connectivity index (χ1n) is 9.57. The molecule has 0 saturated carbocycles. The molecule has 1 aliphatic heterocycles. The zero-order valence-corrected chi connectivity index (χ0v) is 17.2. The van der Waals surface area contributed by atoms with Gasteiger partial charge in [0, 0.05) is 18.5 Å². The fraction of sp³-hybridized carbons (Fsp3) is 0.217. The molecule has 29 heavy (non-hydrogen) atoms. The fourth-order valence-electron chi connectivity index (χ4n) is 3.49. The lowest BCUT2D eigenvalue weighted by molar-refractivity contribution is 0.341. The van der Waals surface area contributed by atoms with Crippen LogP contribution in [0.1, 0.15) is 28.9 Å². The summed E-state index contributed by atoms with van der Waals surface area (Å²) in [4.78, 5) is 0. The lowest BCUT2D eigenvalue weighted by Crippen LogP contribution is -2.37. The number of benzene rings is 2. The lowest BCUT2D eigenvalue weighted by Gasteiger charge is -2.24. The molecule has 0 amide bonds. The molecule has 4 rings (SSSR count). The van der Waals surface area contributed by atoms with E-state index < -0.39 is 0 Å². The van der Waals surface area contributed by atoms with Crippen LogP contribution in [0.4, 0.5) is 5.69 Å². The van der Waals surface area contributed by atoms with Crippen molar-refractivity contribution in [2.24, 2.45) is 5.10 Å². The van der Waals surface area contributed by atoms with E-state index in [2.05, 4.69) is 5.32 Å². The van der Waals surface area contributed by atoms with E-state index in [1.807, 2.05) is 67.4 Å². The van der Waals surface area contributed by atoms with E-state index in [1.165, 1.54) is 0 Å². The molecular weight excluding hydrogens is 382 g/mol. The molecule has 2 N–H and O–H groups in total. The van der Waals surface area contributed by atoms with Crippen LogP contribution in [0.15, 0.2) is 70.4 Å². The number of anilines is 1. The largest absolute Gasteiger partial charge is 0.508 e. The molecule has 1 unspecified atom stereocenters. The molecule has 0 saturated heterocycles. The molecule has 5 nitrogen and oxygen atoms in total. The summed E-state index contributed by atoms with van der Waals surface area (Å²) in [6.45, 7) is 3.93. The number of aromatic hydroxyl groups is 1. The Labute approximate surface area is 175 Å². The van der Waals surface area contributed by atoms with Crippen molar-refractivity contribution in [3.63, 3.8) is 0 Å². The Hall–Kier alpha value is -3.12. The Morgan fingerprint density at radius 1 is 1.17 bits per heavy atom. The molecule has 2 aromatic carbocycles. The minimum atomic E-state index is 0.0503. The highest BCUT2D eigenvalue weighted by Gasteiger charge is 2.31. The van der Waals surface area contributed by atoms with Gasteiger partial charge in [0.25, 0.3) is 0 Å². The van der Waals surface area contributed by atoms with Gasteiger partial charge in [-0.15, -0.1) is 0 Å². The van der Waals surface area contributed by atoms with Crippen LogP contribution in [0.5, 0.6) is 5.75 Å². The van der Waals surface area contributed by atoms with Gasteiger partial charge in [-0.25, -0.2) is 5.01 Å². The molecule has 0 radical (unpaired) electrons. The van der Waals surface area contributed by atoms with Gasteiger partial charge in [-0.2, -0.15) is 5.10 Å². The van der Waals surface area contributed by atoms with Gasteiger partial charge in [0.05, 0.1) is 18.0 Å². The standard InChI is InChI=1S/C23H23N3O2S/c1-15-6-3-4-8-20(15)24-23(29)26-18(13-19-7-5-11-28-19)14-21(25-26)17-9-10-22(27)16(2)12-17/h3-12,18,27H,13-14H2,1-2H3,(H,24,29). The molecule has 1 atom stereocenters. The molecule has 3 aromatic rings. The van der Waals surface area contributed by atoms with Crippen LogP contribution in [0, 0.1) is 13.8 Å². The third kappa shape index (κ3) is 4.17. The number of phenolic OH excluding ortho intramolecular Hbond substituents is 1. The summed E-state index contributed by atoms with van der Waals surface area (Å²) in [6, 6.07) is 17.5. The first-order chi connectivity index (χ1) is 14.0. The number of hydrogen-bond donors (Lipinski definition) is 2. The maximum Gasteiger partial charge on any atom is 0.194 e. The molecule has 148 valence electrons. The molecular formula is C23H23N3O2S. The van der Waals surface area contributed by atoms with Crippen LogP contribution in [-0.4, -0.2) is 27.0 Å². The zero-order chi connectivity index (χ0) is 20.4. The first kappa shape index (κ1) is 19.2. The summed E-state index contributed by atoms with van der Waals surface area (Å²) in [5, 5.41) is 20.5. The van der Waals surface area contributed by atoms with Crippen LogP contribution in [0.2, 0.25) is 0 Å². The maximum atomic E-state index is 9.85. The van der Waals surface area contributed by atoms with Crippen LogP contribution in [0.25, 0.3) is 0 Å². The van der Waals surface area contributed by atoms with E-state index in [1.54, 1.807) is 12.3 Å². The van der Waals surface area contributed by atoms with Crippen molar-refractivity contribution in [3.05, 3.63) is 83.3 Å². The lowest BCUT2D eigenvalue weighted by atomic mass is 10.00. The predicted octanol–water partition coefficient (Wildman–Crippen LogP) is 5.02. The quantitative estimate of drug-likeness (QED) is 0.597. The molecule has 0 spiro atoms. The van der Waals surface area contributed by atoms with Gasteiger partial charge in [-0.3, -0.25) is 0 Å². The van der Waals surface area contributed by atoms with Gasteiger partial charge in [0.15, 0.2) is 5.11 Å². The van der Waals surface area contributed by atoms with Crippen molar-refractivity contribution in [3.8, 4) is 5.75 Å². The average molecular weight is 406 g/mol. The minimum Gasteiger partial charge on any atom is -0.508 e. The summed E-state index contributed by atoms with van der Waals surface area (Å²) in [6.07, 6.45) is 3.12. The third-order valence-corrected chi connectivity index (χ3v) is 5.43. The number of rotatable bonds is 4. The average Bonchev–Trinajstić information content (AvgIpc) is 3.36. The van der Waals surface area contributed by atoms with Crippen LogP contribution < -0.4 is 5.32 Å². The zero-order valence-electron chi connectivity index (χ0n) is 16.4. The number of thiocarbonyl (C=S) groups is 1. The van der Waals surface area contributed by atoms with Gasteiger partial charge >= 0.3 is 0 Å². The van der Waals surface area contributed by atoms with Gasteiger partial charge in [-0.1, -0.05) is 18.2 Å². The van der Waals surface area contributed by atoms with Gasteiger partial charge in [0.2, 0.25) is 0 Å². The van der Waals surface area contributed by atoms with E-state index in [9.17, 15) is 5.11 Å². The van der Waals surface area contributed by atoms with E-state index in [-0.39, 0.29) is 11.8 Å². The number of phenols is 1. The monoisotopic (exact) mass is 405 g/mol. The summed E-state index contributed by atoms with van der Waals surface area (Å²) in [5.41, 5.74) is 4.85. The van der Waals surface area contributed by atoms with E-state index in [0.29, 0.717) is 11.5 Å². The van der Waals surface area contributed by atoms with Crippen molar-refractivity contribution in [1.82, 2.24) is 5.01 Å². The number of aryl methyl sites for hydroxylation is 2. The van der Waals surface area contributed by atoms with Gasteiger partial charge < -0.3 is 14.8 Å². The Bertz CT molecular complexity index is 1060. The van der Waals surface area contributed by atoms with E-state index >= 15 is 0 Å². The Balaban J connectivity index is 1.62. The SMILES string of the molecule is Cc1cc(C2=NN(C(=S)Nc3ccccc3C)C(Cc3ccco3)C2)ccc1O. The first-order valence-corrected chi connectivity index (χ1v) is 9.98. The second-order valence-electron chi connectivity index (χ2n) is 7.28. The third-order valence-electron chi connectivity index (χ3n) is 5.14. The van der Waals surface area contributed by atoms with E-state index in [4.69, 9.17) is 21.7 Å². The highest BCUT2D eigenvalue weighted by molar-refractivity contribution is 7.80. The second-order valence-corrected chi connectivity index (χ2v) is 7.67. The molecule has 2 heterocycles. The summed E-state index contributed by atoms with van der Waals surface area (Å²) in [5.74, 6) is 1.19. The number of hydrazone groups is 1. The van der Waals surface area contributed by atoms with Crippen molar-refractivity contribution >= 4 is 28.7 Å². The predicted molar refractivity (Wildman–Crippen MR) is 119 cm³/mol. The van der Waals surface area contributed by atoms with Crippen LogP contribution >= 0.6 is 12.2 Å². The Morgan fingerprint density at radius 2 is 2.00 bits per heavy atom. The summed E-state index contributed by atoms with van der Waals surface area (Å²) < 4.78 is 5.56. The molecule has 1 aliphatic rings. The topological polar surface area (TPSA) is 61.0 Å². The normalized spacial score (nSPS) is 16.0. The highest BCUT2D eigenvalue weighted by atomic mass is 32.1. The molecule has 0 aliphatic carbocycles. The fourth-order valence-corrected chi connectivity index (χ4v) is 3.79. The second kappa shape index (κ2) is 8.09. The maximum absolute atomic E-state index is 9.85. The smallest absolute Gasteiger partial charge is 0.194 e. The molecule has 0 fully saturated rings. The van der Waals surface area contributed by atoms with Crippen LogP contribution in [0.3, 0.4) is 0 Å². The Morgan fingerprint density at radius 3 is 2.72 bits per heavy atom. The van der Waals surface area contributed by atoms with E-state index in [0.717, 1.165) is 40.3 Å². The van der Waals surface area contributed by atoms with Crippen molar-refractivity contribution in [2.75, 3.05) is 5.32 Å². The van der Waals surface area contributed by atoms with Crippen molar-refractivity contribution in [2.45, 2.75) is 32.7 Å². The van der Waals surface area contributed by atoms with Crippen molar-refractivity contribution in [1.29, 1.82) is 0 Å². The number of hydrogen-bond acceptors (Lipinski definition) is 4. The summed E-state index contributed by atoms with van der Waals surface area (Å²) in [7, 11) is 0. The number of nitrogens with zero attached hydrogens (tertiary/aromatic N) is 2. The Kier molecular flexibility index (Phi) is 5.36. The van der Waals surface area contributed by atoms with Gasteiger partial charge in [-0.05, 0) is 79.2 Å². The number of nitrogens with one attached hydrogen (secondary N) is 1. The molecule has 0 bridgehead atoms.